The van der Waals surface area contributed by atoms with Gasteiger partial charge in [0.15, 0.2) is 12.4 Å². The molecule has 44 heavy (non-hydrogen) atoms. The van der Waals surface area contributed by atoms with Gasteiger partial charge in [0.25, 0.3) is 11.8 Å². The molecule has 5 aromatic rings. The Balaban J connectivity index is 1.49. The summed E-state index contributed by atoms with van der Waals surface area (Å²) in [7, 11) is 0. The molecule has 1 aromatic carbocycles. The highest BCUT2D eigenvalue weighted by atomic mass is 32.1. The highest BCUT2D eigenvalue weighted by molar-refractivity contribution is 7.21. The number of nitrogens with one attached hydrogen (secondary N) is 1. The van der Waals surface area contributed by atoms with Gasteiger partial charge in [-0.3, -0.25) is 14.3 Å². The zero-order valence-corrected chi connectivity index (χ0v) is 23.6. The summed E-state index contributed by atoms with van der Waals surface area (Å²) >= 11 is 0.587. The summed E-state index contributed by atoms with van der Waals surface area (Å²) in [5.41, 5.74) is 3.97. The molecule has 0 fully saturated rings. The lowest BCUT2D eigenvalue weighted by molar-refractivity contribution is -0.141. The maximum Gasteiger partial charge on any atom is 0.433 e. The van der Waals surface area contributed by atoms with Crippen LogP contribution in [0.25, 0.3) is 21.3 Å². The number of pyridine rings is 1. The van der Waals surface area contributed by atoms with E-state index in [9.17, 15) is 35.9 Å². The summed E-state index contributed by atoms with van der Waals surface area (Å²) in [5.74, 6) is -1.95. The van der Waals surface area contributed by atoms with E-state index in [2.05, 4.69) is 20.5 Å². The molecule has 17 heteroatoms. The lowest BCUT2D eigenvalue weighted by atomic mass is 10.0. The van der Waals surface area contributed by atoms with Gasteiger partial charge in [-0.05, 0) is 49.7 Å². The fraction of sp³-hybridized carbons (Fsp3) is 0.222. The van der Waals surface area contributed by atoms with Gasteiger partial charge in [0.2, 0.25) is 0 Å². The number of nitrogens with zero attached hydrogens (tertiary/aromatic N) is 5. The number of primary amides is 1. The van der Waals surface area contributed by atoms with Crippen molar-refractivity contribution in [3.8, 4) is 16.9 Å². The molecular formula is C27H21F6N7O3S. The van der Waals surface area contributed by atoms with Crippen LogP contribution in [0.2, 0.25) is 0 Å². The number of carbonyl (C=O) groups is 2. The number of aromatic nitrogens is 5. The van der Waals surface area contributed by atoms with Crippen molar-refractivity contribution in [2.24, 2.45) is 5.73 Å². The third-order valence-corrected chi connectivity index (χ3v) is 7.60. The highest BCUT2D eigenvalue weighted by Gasteiger charge is 2.36. The average molecular weight is 638 g/mol. The lowest BCUT2D eigenvalue weighted by Crippen LogP contribution is -2.18. The maximum atomic E-state index is 13.8. The number of hydrogen-bond acceptors (Lipinski definition) is 7. The number of rotatable bonds is 8. The van der Waals surface area contributed by atoms with Crippen LogP contribution in [0.15, 0.2) is 48.8 Å². The molecular weight excluding hydrogens is 616 g/mol. The standard InChI is InChI=1S/C27H21F6N7O3S/c1-3-40-13(2)17(11-35-40)16-10-19(27(31,32)33)36-25-20(16)21(22(44-25)23(34)41)37-24(42)18-7-8-39(38-18)12-43-15-6-4-5-14(9-15)26(28,29)30/h4-11H,3,12H2,1-2H3,(H2,34,41)(H,37,42). The smallest absolute Gasteiger partial charge is 0.433 e. The topological polar surface area (TPSA) is 130 Å². The molecule has 0 aliphatic heterocycles. The van der Waals surface area contributed by atoms with Crippen molar-refractivity contribution < 1.29 is 40.7 Å². The Bertz CT molecular complexity index is 1890. The first kappa shape index (κ1) is 30.5. The van der Waals surface area contributed by atoms with Crippen molar-refractivity contribution >= 4 is 39.1 Å². The van der Waals surface area contributed by atoms with E-state index in [-0.39, 0.29) is 44.5 Å². The van der Waals surface area contributed by atoms with Gasteiger partial charge >= 0.3 is 12.4 Å². The number of ether oxygens (including phenoxy) is 1. The van der Waals surface area contributed by atoms with Crippen molar-refractivity contribution in [1.29, 1.82) is 0 Å². The quantitative estimate of drug-likeness (QED) is 0.198. The summed E-state index contributed by atoms with van der Waals surface area (Å²) in [6, 6.07) is 6.29. The maximum absolute atomic E-state index is 13.8. The molecule has 4 aromatic heterocycles. The van der Waals surface area contributed by atoms with Crippen LogP contribution in [0.3, 0.4) is 0 Å². The molecule has 4 heterocycles. The molecule has 230 valence electrons. The molecule has 10 nitrogen and oxygen atoms in total. The van der Waals surface area contributed by atoms with Gasteiger partial charge in [-0.1, -0.05) is 6.07 Å². The van der Waals surface area contributed by atoms with Crippen LogP contribution in [-0.2, 0) is 25.6 Å². The number of thiophene rings is 1. The lowest BCUT2D eigenvalue weighted by Gasteiger charge is -2.12. The number of hydrogen-bond donors (Lipinski definition) is 2. The summed E-state index contributed by atoms with van der Waals surface area (Å²) in [5, 5.41) is 10.8. The number of nitrogens with two attached hydrogens (primary N) is 1. The summed E-state index contributed by atoms with van der Waals surface area (Å²) in [4.78, 5) is 28.9. The molecule has 0 aliphatic rings. The largest absolute Gasteiger partial charge is 0.471 e. The fourth-order valence-corrected chi connectivity index (χ4v) is 5.42. The van der Waals surface area contributed by atoms with E-state index in [1.807, 2.05) is 0 Å². The Kier molecular flexibility index (Phi) is 7.83. The normalized spacial score (nSPS) is 12.1. The van der Waals surface area contributed by atoms with Gasteiger partial charge in [-0.2, -0.15) is 36.5 Å². The van der Waals surface area contributed by atoms with Crippen molar-refractivity contribution in [2.45, 2.75) is 39.5 Å². The van der Waals surface area contributed by atoms with Crippen LogP contribution in [0.4, 0.5) is 32.0 Å². The molecule has 0 atom stereocenters. The second-order valence-corrected chi connectivity index (χ2v) is 10.4. The average Bonchev–Trinajstić information content (AvgIpc) is 3.68. The van der Waals surface area contributed by atoms with Crippen molar-refractivity contribution in [3.63, 3.8) is 0 Å². The number of anilines is 1. The van der Waals surface area contributed by atoms with E-state index in [4.69, 9.17) is 10.5 Å². The Labute approximate surface area is 248 Å². The third-order valence-electron chi connectivity index (χ3n) is 6.51. The van der Waals surface area contributed by atoms with Crippen LogP contribution in [-0.4, -0.2) is 36.4 Å². The number of fused-ring (bicyclic) bond motifs is 1. The Morgan fingerprint density at radius 2 is 1.82 bits per heavy atom. The Morgan fingerprint density at radius 1 is 1.07 bits per heavy atom. The Morgan fingerprint density at radius 3 is 2.45 bits per heavy atom. The van der Waals surface area contributed by atoms with Crippen LogP contribution in [0.5, 0.6) is 5.75 Å². The van der Waals surface area contributed by atoms with Gasteiger partial charge in [-0.15, -0.1) is 11.3 Å². The first-order chi connectivity index (χ1) is 20.7. The minimum Gasteiger partial charge on any atom is -0.471 e. The number of halogens is 6. The number of carbonyl (C=O) groups excluding carboxylic acids is 2. The molecule has 0 radical (unpaired) electrons. The molecule has 0 aliphatic carbocycles. The second kappa shape index (κ2) is 11.3. The van der Waals surface area contributed by atoms with Crippen LogP contribution in [0, 0.1) is 6.92 Å². The SMILES string of the molecule is CCn1ncc(-c2cc(C(F)(F)F)nc3sc(C(N)=O)c(NC(=O)c4ccn(COc5cccc(C(F)(F)F)c5)n4)c23)c1C. The summed E-state index contributed by atoms with van der Waals surface area (Å²) in [6.07, 6.45) is -6.67. The van der Waals surface area contributed by atoms with Gasteiger partial charge in [-0.25, -0.2) is 9.67 Å². The van der Waals surface area contributed by atoms with Gasteiger partial charge in [0, 0.05) is 29.4 Å². The molecule has 0 saturated heterocycles. The van der Waals surface area contributed by atoms with Crippen molar-refractivity contribution in [2.75, 3.05) is 5.32 Å². The predicted molar refractivity (Wildman–Crippen MR) is 147 cm³/mol. The number of benzene rings is 1. The van der Waals surface area contributed by atoms with E-state index in [0.29, 0.717) is 29.1 Å². The number of aryl methyl sites for hydroxylation is 1. The summed E-state index contributed by atoms with van der Waals surface area (Å²) < 4.78 is 88.5. The zero-order valence-electron chi connectivity index (χ0n) is 22.7. The Hall–Kier alpha value is -4.93. The van der Waals surface area contributed by atoms with Gasteiger partial charge < -0.3 is 15.8 Å². The van der Waals surface area contributed by atoms with E-state index in [1.165, 1.54) is 30.6 Å². The number of amides is 2. The molecule has 0 spiro atoms. The van der Waals surface area contributed by atoms with Crippen LogP contribution in [0.1, 0.15) is 44.0 Å². The van der Waals surface area contributed by atoms with E-state index in [1.54, 1.807) is 18.5 Å². The van der Waals surface area contributed by atoms with E-state index >= 15 is 0 Å². The first-order valence-corrected chi connectivity index (χ1v) is 13.5. The predicted octanol–water partition coefficient (Wildman–Crippen LogP) is 6.11. The second-order valence-electron chi connectivity index (χ2n) is 9.36. The highest BCUT2D eigenvalue weighted by Crippen LogP contribution is 2.44. The van der Waals surface area contributed by atoms with Gasteiger partial charge in [0.1, 0.15) is 21.2 Å². The van der Waals surface area contributed by atoms with E-state index in [0.717, 1.165) is 22.9 Å². The van der Waals surface area contributed by atoms with E-state index < -0.39 is 35.4 Å². The molecule has 2 amide bonds. The van der Waals surface area contributed by atoms with Crippen molar-refractivity contribution in [3.05, 3.63) is 76.3 Å². The zero-order chi connectivity index (χ0) is 32.0. The fourth-order valence-electron chi connectivity index (χ4n) is 4.41. The molecule has 0 saturated carbocycles. The number of alkyl halides is 6. The van der Waals surface area contributed by atoms with Gasteiger partial charge in [0.05, 0.1) is 17.4 Å². The van der Waals surface area contributed by atoms with Crippen LogP contribution < -0.4 is 15.8 Å². The molecule has 0 bridgehead atoms. The summed E-state index contributed by atoms with van der Waals surface area (Å²) in [6.45, 7) is 3.56. The minimum absolute atomic E-state index is 0.0265. The van der Waals surface area contributed by atoms with Crippen LogP contribution >= 0.6 is 11.3 Å². The first-order valence-electron chi connectivity index (χ1n) is 12.7. The molecule has 3 N–H and O–H groups in total. The minimum atomic E-state index is -4.82. The monoisotopic (exact) mass is 637 g/mol. The molecule has 0 unspecified atom stereocenters. The van der Waals surface area contributed by atoms with Crippen molar-refractivity contribution in [1.82, 2.24) is 24.5 Å². The molecule has 5 rings (SSSR count). The third kappa shape index (κ3) is 5.95.